The van der Waals surface area contributed by atoms with Crippen LogP contribution in [0.15, 0.2) is 76.5 Å². The second-order valence-electron chi connectivity index (χ2n) is 7.22. The summed E-state index contributed by atoms with van der Waals surface area (Å²) in [6.45, 7) is 0.390. The minimum Gasteiger partial charge on any atom is -0.497 e. The minimum atomic E-state index is -0.479. The van der Waals surface area contributed by atoms with E-state index in [9.17, 15) is 14.9 Å². The number of non-ortho nitro benzene ring substituents is 1. The van der Waals surface area contributed by atoms with Gasteiger partial charge in [-0.05, 0) is 36.4 Å². The van der Waals surface area contributed by atoms with Crippen molar-refractivity contribution in [2.45, 2.75) is 11.7 Å². The molecular weight excluding hydrogens is 458 g/mol. The van der Waals surface area contributed by atoms with E-state index in [1.165, 1.54) is 28.8 Å². The second-order valence-corrected chi connectivity index (χ2v) is 8.16. The van der Waals surface area contributed by atoms with Crippen molar-refractivity contribution in [1.29, 1.82) is 0 Å². The number of ether oxygens (including phenoxy) is 1. The van der Waals surface area contributed by atoms with E-state index in [-0.39, 0.29) is 17.3 Å². The number of anilines is 1. The summed E-state index contributed by atoms with van der Waals surface area (Å²) in [5, 5.41) is 20.1. The molecule has 4 aromatic rings. The molecule has 0 atom stereocenters. The number of nitro groups is 1. The number of hydrogen-bond acceptors (Lipinski definition) is 8. The lowest BCUT2D eigenvalue weighted by Gasteiger charge is -2.17. The van der Waals surface area contributed by atoms with Gasteiger partial charge in [0.25, 0.3) is 5.69 Å². The van der Waals surface area contributed by atoms with E-state index < -0.39 is 4.92 Å². The maximum atomic E-state index is 12.8. The fourth-order valence-corrected chi connectivity index (χ4v) is 4.09. The molecule has 10 nitrogen and oxygen atoms in total. The molecule has 0 saturated heterocycles. The van der Waals surface area contributed by atoms with E-state index >= 15 is 0 Å². The first-order valence-corrected chi connectivity index (χ1v) is 11.2. The molecule has 0 radical (unpaired) electrons. The SMILES string of the molecule is COc1cccc(-c2nnc(SCC(=O)N(C)c3ccc([N+](=O)[O-])cc3)n2Cc2ccco2)c1. The Kier molecular flexibility index (Phi) is 6.93. The monoisotopic (exact) mass is 479 g/mol. The van der Waals surface area contributed by atoms with Crippen LogP contribution in [-0.2, 0) is 11.3 Å². The molecule has 11 heteroatoms. The van der Waals surface area contributed by atoms with Gasteiger partial charge in [-0.15, -0.1) is 10.2 Å². The number of nitro benzene ring substituents is 1. The van der Waals surface area contributed by atoms with Crippen LogP contribution in [0.4, 0.5) is 11.4 Å². The first-order chi connectivity index (χ1) is 16.5. The molecule has 2 aromatic heterocycles. The summed E-state index contributed by atoms with van der Waals surface area (Å²) >= 11 is 1.25. The van der Waals surface area contributed by atoms with Crippen LogP contribution in [0, 0.1) is 10.1 Å². The molecule has 1 amide bonds. The van der Waals surface area contributed by atoms with Gasteiger partial charge >= 0.3 is 0 Å². The van der Waals surface area contributed by atoms with Gasteiger partial charge in [0, 0.05) is 30.4 Å². The molecule has 4 rings (SSSR count). The fraction of sp³-hybridized carbons (Fsp3) is 0.174. The highest BCUT2D eigenvalue weighted by atomic mass is 32.2. The third kappa shape index (κ3) is 5.09. The van der Waals surface area contributed by atoms with Crippen molar-refractivity contribution in [2.24, 2.45) is 0 Å². The molecule has 0 aliphatic carbocycles. The van der Waals surface area contributed by atoms with Crippen LogP contribution >= 0.6 is 11.8 Å². The van der Waals surface area contributed by atoms with Gasteiger partial charge in [-0.3, -0.25) is 19.5 Å². The Morgan fingerprint density at radius 1 is 1.18 bits per heavy atom. The molecule has 0 aliphatic rings. The van der Waals surface area contributed by atoms with Gasteiger partial charge in [0.15, 0.2) is 11.0 Å². The number of carbonyl (C=O) groups is 1. The Morgan fingerprint density at radius 3 is 2.65 bits per heavy atom. The first-order valence-electron chi connectivity index (χ1n) is 10.2. The van der Waals surface area contributed by atoms with Gasteiger partial charge in [-0.1, -0.05) is 23.9 Å². The fourth-order valence-electron chi connectivity index (χ4n) is 3.24. The van der Waals surface area contributed by atoms with Gasteiger partial charge in [0.05, 0.1) is 30.6 Å². The largest absolute Gasteiger partial charge is 0.497 e. The van der Waals surface area contributed by atoms with Crippen molar-refractivity contribution < 1.29 is 18.9 Å². The maximum Gasteiger partial charge on any atom is 0.269 e. The molecule has 0 saturated carbocycles. The van der Waals surface area contributed by atoms with Crippen LogP contribution in [0.3, 0.4) is 0 Å². The van der Waals surface area contributed by atoms with Gasteiger partial charge in [0.2, 0.25) is 5.91 Å². The van der Waals surface area contributed by atoms with Gasteiger partial charge in [0.1, 0.15) is 11.5 Å². The summed E-state index contributed by atoms with van der Waals surface area (Å²) in [4.78, 5) is 24.6. The Bertz CT molecular complexity index is 1290. The van der Waals surface area contributed by atoms with E-state index in [1.807, 2.05) is 34.9 Å². The molecule has 2 aromatic carbocycles. The molecule has 0 fully saturated rings. The van der Waals surface area contributed by atoms with Crippen molar-refractivity contribution in [3.05, 3.63) is 82.8 Å². The summed E-state index contributed by atoms with van der Waals surface area (Å²) in [5.74, 6) is 1.95. The number of benzene rings is 2. The summed E-state index contributed by atoms with van der Waals surface area (Å²) in [7, 11) is 3.22. The summed E-state index contributed by atoms with van der Waals surface area (Å²) in [5.41, 5.74) is 1.35. The van der Waals surface area contributed by atoms with Crippen molar-refractivity contribution in [1.82, 2.24) is 14.8 Å². The molecule has 0 bridgehead atoms. The van der Waals surface area contributed by atoms with E-state index in [0.717, 1.165) is 11.3 Å². The van der Waals surface area contributed by atoms with Crippen LogP contribution in [0.2, 0.25) is 0 Å². The van der Waals surface area contributed by atoms with Crippen LogP contribution in [0.1, 0.15) is 5.76 Å². The van der Waals surface area contributed by atoms with Crippen molar-refractivity contribution in [3.8, 4) is 17.1 Å². The molecular formula is C23H21N5O5S. The van der Waals surface area contributed by atoms with Crippen LogP contribution < -0.4 is 9.64 Å². The predicted molar refractivity (Wildman–Crippen MR) is 127 cm³/mol. The van der Waals surface area contributed by atoms with E-state index in [2.05, 4.69) is 10.2 Å². The third-order valence-corrected chi connectivity index (χ3v) is 6.04. The molecule has 0 aliphatic heterocycles. The first kappa shape index (κ1) is 23.1. The van der Waals surface area contributed by atoms with Crippen LogP contribution in [0.25, 0.3) is 11.4 Å². The predicted octanol–water partition coefficient (Wildman–Crippen LogP) is 4.26. The molecule has 174 valence electrons. The number of methoxy groups -OCH3 is 1. The number of aromatic nitrogens is 3. The number of carbonyl (C=O) groups excluding carboxylic acids is 1. The Morgan fingerprint density at radius 2 is 1.97 bits per heavy atom. The van der Waals surface area contributed by atoms with E-state index in [1.54, 1.807) is 38.6 Å². The number of thioether (sulfide) groups is 1. The highest BCUT2D eigenvalue weighted by Crippen LogP contribution is 2.28. The van der Waals surface area contributed by atoms with Crippen LogP contribution in [-0.4, -0.2) is 45.5 Å². The van der Waals surface area contributed by atoms with Crippen molar-refractivity contribution in [3.63, 3.8) is 0 Å². The highest BCUT2D eigenvalue weighted by molar-refractivity contribution is 7.99. The number of hydrogen-bond donors (Lipinski definition) is 0. The Balaban J connectivity index is 1.54. The lowest BCUT2D eigenvalue weighted by atomic mass is 10.2. The smallest absolute Gasteiger partial charge is 0.269 e. The summed E-state index contributed by atoms with van der Waals surface area (Å²) in [6, 6.07) is 17.0. The summed E-state index contributed by atoms with van der Waals surface area (Å²) < 4.78 is 12.7. The zero-order valence-electron chi connectivity index (χ0n) is 18.5. The number of rotatable bonds is 9. The second kappa shape index (κ2) is 10.2. The number of amides is 1. The molecule has 0 N–H and O–H groups in total. The van der Waals surface area contributed by atoms with Gasteiger partial charge in [-0.2, -0.15) is 0 Å². The average Bonchev–Trinajstić information content (AvgIpc) is 3.52. The van der Waals surface area contributed by atoms with Crippen molar-refractivity contribution >= 4 is 29.0 Å². The third-order valence-electron chi connectivity index (χ3n) is 5.09. The Labute approximate surface area is 199 Å². The Hall–Kier alpha value is -4.12. The zero-order chi connectivity index (χ0) is 24.1. The molecule has 0 unspecified atom stereocenters. The summed E-state index contributed by atoms with van der Waals surface area (Å²) in [6.07, 6.45) is 1.60. The average molecular weight is 480 g/mol. The molecule has 34 heavy (non-hydrogen) atoms. The van der Waals surface area contributed by atoms with Gasteiger partial charge in [-0.25, -0.2) is 0 Å². The lowest BCUT2D eigenvalue weighted by Crippen LogP contribution is -2.28. The normalized spacial score (nSPS) is 10.8. The number of furan rings is 1. The van der Waals surface area contributed by atoms with Crippen molar-refractivity contribution in [2.75, 3.05) is 24.8 Å². The van der Waals surface area contributed by atoms with Crippen LogP contribution in [0.5, 0.6) is 5.75 Å². The topological polar surface area (TPSA) is 117 Å². The van der Waals surface area contributed by atoms with E-state index in [4.69, 9.17) is 9.15 Å². The number of nitrogens with zero attached hydrogens (tertiary/aromatic N) is 5. The standard InChI is InChI=1S/C23H21N5O5S/c1-26(17-8-10-18(11-9-17)28(30)31)21(29)15-34-23-25-24-22(16-5-3-6-19(13-16)32-2)27(23)14-20-7-4-12-33-20/h3-13H,14-15H2,1-2H3. The minimum absolute atomic E-state index is 0.0323. The zero-order valence-corrected chi connectivity index (χ0v) is 19.3. The quantitative estimate of drug-likeness (QED) is 0.199. The highest BCUT2D eigenvalue weighted by Gasteiger charge is 2.19. The van der Waals surface area contributed by atoms with Gasteiger partial charge < -0.3 is 14.1 Å². The van der Waals surface area contributed by atoms with E-state index in [0.29, 0.717) is 29.0 Å². The molecule has 0 spiro atoms. The molecule has 2 heterocycles. The maximum absolute atomic E-state index is 12.8. The lowest BCUT2D eigenvalue weighted by molar-refractivity contribution is -0.384.